The monoisotopic (exact) mass is 310 g/mol. The molecule has 0 fully saturated rings. The van der Waals surface area contributed by atoms with Gasteiger partial charge in [0, 0.05) is 4.47 Å². The van der Waals surface area contributed by atoms with E-state index in [9.17, 15) is 4.39 Å². The lowest BCUT2D eigenvalue weighted by atomic mass is 10.2. The van der Waals surface area contributed by atoms with E-state index in [1.165, 1.54) is 12.1 Å². The number of methoxy groups -OCH3 is 1. The number of anilines is 3. The van der Waals surface area contributed by atoms with Crippen LogP contribution in [0.2, 0.25) is 0 Å². The molecule has 3 N–H and O–H groups in total. The van der Waals surface area contributed by atoms with Crippen LogP contribution in [-0.2, 0) is 0 Å². The van der Waals surface area contributed by atoms with Crippen LogP contribution in [0.25, 0.3) is 0 Å². The van der Waals surface area contributed by atoms with Crippen molar-refractivity contribution in [2.24, 2.45) is 0 Å². The van der Waals surface area contributed by atoms with Crippen LogP contribution in [0.4, 0.5) is 21.5 Å². The highest BCUT2D eigenvalue weighted by Gasteiger charge is 2.06. The van der Waals surface area contributed by atoms with Crippen molar-refractivity contribution >= 4 is 33.0 Å². The van der Waals surface area contributed by atoms with Crippen LogP contribution in [-0.4, -0.2) is 7.11 Å². The molecule has 18 heavy (non-hydrogen) atoms. The fourth-order valence-electron chi connectivity index (χ4n) is 1.57. The highest BCUT2D eigenvalue weighted by Crippen LogP contribution is 2.32. The number of hydrogen-bond donors (Lipinski definition) is 2. The van der Waals surface area contributed by atoms with Crippen molar-refractivity contribution in [2.75, 3.05) is 18.2 Å². The van der Waals surface area contributed by atoms with Gasteiger partial charge in [0.15, 0.2) is 0 Å². The summed E-state index contributed by atoms with van der Waals surface area (Å²) in [6.45, 7) is 0. The maximum atomic E-state index is 13.0. The molecule has 0 spiro atoms. The van der Waals surface area contributed by atoms with Crippen molar-refractivity contribution in [3.8, 4) is 5.75 Å². The first-order valence-electron chi connectivity index (χ1n) is 5.26. The summed E-state index contributed by atoms with van der Waals surface area (Å²) in [5.41, 5.74) is 7.48. The van der Waals surface area contributed by atoms with Gasteiger partial charge >= 0.3 is 0 Å². The van der Waals surface area contributed by atoms with E-state index in [0.29, 0.717) is 17.1 Å². The SMILES string of the molecule is COc1ccc(Br)cc1Nc1ccc(F)cc1N. The van der Waals surface area contributed by atoms with E-state index in [4.69, 9.17) is 10.5 Å². The van der Waals surface area contributed by atoms with Crippen molar-refractivity contribution in [3.05, 3.63) is 46.7 Å². The number of rotatable bonds is 3. The van der Waals surface area contributed by atoms with E-state index in [1.54, 1.807) is 13.2 Å². The minimum Gasteiger partial charge on any atom is -0.495 e. The second-order valence-corrected chi connectivity index (χ2v) is 4.62. The number of ether oxygens (including phenoxy) is 1. The summed E-state index contributed by atoms with van der Waals surface area (Å²) in [5.74, 6) is 0.321. The molecule has 0 aliphatic heterocycles. The van der Waals surface area contributed by atoms with Gasteiger partial charge in [-0.2, -0.15) is 0 Å². The second kappa shape index (κ2) is 5.27. The summed E-state index contributed by atoms with van der Waals surface area (Å²) >= 11 is 3.38. The summed E-state index contributed by atoms with van der Waals surface area (Å²) in [4.78, 5) is 0. The molecule has 2 aromatic carbocycles. The first kappa shape index (κ1) is 12.7. The van der Waals surface area contributed by atoms with Crippen LogP contribution in [0.5, 0.6) is 5.75 Å². The zero-order valence-corrected chi connectivity index (χ0v) is 11.3. The molecule has 0 aromatic heterocycles. The van der Waals surface area contributed by atoms with Gasteiger partial charge in [0.2, 0.25) is 0 Å². The molecule has 2 rings (SSSR count). The van der Waals surface area contributed by atoms with Gasteiger partial charge in [0.25, 0.3) is 0 Å². The Labute approximate surface area is 113 Å². The number of nitrogens with one attached hydrogen (secondary N) is 1. The molecule has 0 heterocycles. The predicted octanol–water partition coefficient (Wildman–Crippen LogP) is 3.92. The van der Waals surface area contributed by atoms with Gasteiger partial charge in [0.1, 0.15) is 11.6 Å². The van der Waals surface area contributed by atoms with Crippen molar-refractivity contribution in [2.45, 2.75) is 0 Å². The predicted molar refractivity (Wildman–Crippen MR) is 74.8 cm³/mol. The van der Waals surface area contributed by atoms with Crippen LogP contribution in [0, 0.1) is 5.82 Å². The summed E-state index contributed by atoms with van der Waals surface area (Å²) in [6, 6.07) is 9.77. The summed E-state index contributed by atoms with van der Waals surface area (Å²) < 4.78 is 19.1. The lowest BCUT2D eigenvalue weighted by molar-refractivity contribution is 0.417. The molecule has 0 saturated heterocycles. The second-order valence-electron chi connectivity index (χ2n) is 3.70. The van der Waals surface area contributed by atoms with Gasteiger partial charge in [-0.1, -0.05) is 15.9 Å². The van der Waals surface area contributed by atoms with Gasteiger partial charge < -0.3 is 15.8 Å². The third kappa shape index (κ3) is 2.73. The Balaban J connectivity index is 2.36. The van der Waals surface area contributed by atoms with Crippen molar-refractivity contribution in [1.82, 2.24) is 0 Å². The Morgan fingerprint density at radius 2 is 1.94 bits per heavy atom. The van der Waals surface area contributed by atoms with Gasteiger partial charge in [-0.05, 0) is 36.4 Å². The van der Waals surface area contributed by atoms with Crippen LogP contribution in [0.15, 0.2) is 40.9 Å². The Bertz CT molecular complexity index is 575. The number of nitrogens with two attached hydrogens (primary N) is 1. The third-order valence-electron chi connectivity index (χ3n) is 2.44. The quantitative estimate of drug-likeness (QED) is 0.845. The van der Waals surface area contributed by atoms with Crippen LogP contribution >= 0.6 is 15.9 Å². The van der Waals surface area contributed by atoms with E-state index in [-0.39, 0.29) is 5.82 Å². The van der Waals surface area contributed by atoms with E-state index >= 15 is 0 Å². The molecule has 0 radical (unpaired) electrons. The van der Waals surface area contributed by atoms with Crippen molar-refractivity contribution in [1.29, 1.82) is 0 Å². The van der Waals surface area contributed by atoms with E-state index < -0.39 is 0 Å². The molecule has 0 aliphatic carbocycles. The minimum absolute atomic E-state index is 0.344. The van der Waals surface area contributed by atoms with Crippen LogP contribution < -0.4 is 15.8 Å². The molecule has 0 saturated carbocycles. The zero-order chi connectivity index (χ0) is 13.1. The molecule has 0 atom stereocenters. The van der Waals surface area contributed by atoms with Gasteiger partial charge in [0.05, 0.1) is 24.2 Å². The molecule has 3 nitrogen and oxygen atoms in total. The molecule has 94 valence electrons. The normalized spacial score (nSPS) is 10.2. The first-order valence-corrected chi connectivity index (χ1v) is 6.05. The van der Waals surface area contributed by atoms with Gasteiger partial charge in [-0.3, -0.25) is 0 Å². The Morgan fingerprint density at radius 3 is 2.61 bits per heavy atom. The fraction of sp³-hybridized carbons (Fsp3) is 0.0769. The third-order valence-corrected chi connectivity index (χ3v) is 2.94. The maximum absolute atomic E-state index is 13.0. The first-order chi connectivity index (χ1) is 8.60. The highest BCUT2D eigenvalue weighted by molar-refractivity contribution is 9.10. The van der Waals surface area contributed by atoms with Crippen LogP contribution in [0.3, 0.4) is 0 Å². The van der Waals surface area contributed by atoms with Crippen molar-refractivity contribution < 1.29 is 9.13 Å². The number of hydrogen-bond acceptors (Lipinski definition) is 3. The fourth-order valence-corrected chi connectivity index (χ4v) is 1.93. The Kier molecular flexibility index (Phi) is 3.72. The lowest BCUT2D eigenvalue weighted by Gasteiger charge is -2.13. The molecule has 0 bridgehead atoms. The number of nitrogen functional groups attached to an aromatic ring is 1. The average molecular weight is 311 g/mol. The average Bonchev–Trinajstić information content (AvgIpc) is 2.33. The lowest BCUT2D eigenvalue weighted by Crippen LogP contribution is -1.99. The zero-order valence-electron chi connectivity index (χ0n) is 9.71. The van der Waals surface area contributed by atoms with Gasteiger partial charge in [-0.15, -0.1) is 0 Å². The summed E-state index contributed by atoms with van der Waals surface area (Å²) in [6.07, 6.45) is 0. The Morgan fingerprint density at radius 1 is 1.17 bits per heavy atom. The summed E-state index contributed by atoms with van der Waals surface area (Å²) in [7, 11) is 1.59. The standard InChI is InChI=1S/C13H12BrFN2O/c1-18-13-5-2-8(14)6-12(13)17-11-4-3-9(15)7-10(11)16/h2-7,17H,16H2,1H3. The molecule has 0 unspecified atom stereocenters. The van der Waals surface area contributed by atoms with Gasteiger partial charge in [-0.25, -0.2) is 4.39 Å². The molecule has 0 amide bonds. The number of halogens is 2. The molecule has 2 aromatic rings. The van der Waals surface area contributed by atoms with E-state index in [0.717, 1.165) is 10.2 Å². The van der Waals surface area contributed by atoms with Crippen LogP contribution in [0.1, 0.15) is 0 Å². The molecule has 5 heteroatoms. The van der Waals surface area contributed by atoms with E-state index in [1.807, 2.05) is 18.2 Å². The van der Waals surface area contributed by atoms with E-state index in [2.05, 4.69) is 21.2 Å². The molecular formula is C13H12BrFN2O. The topological polar surface area (TPSA) is 47.3 Å². The molecule has 0 aliphatic rings. The largest absolute Gasteiger partial charge is 0.495 e. The summed E-state index contributed by atoms with van der Waals surface area (Å²) in [5, 5.41) is 3.11. The minimum atomic E-state index is -0.362. The van der Waals surface area contributed by atoms with Crippen molar-refractivity contribution in [3.63, 3.8) is 0 Å². The molecular weight excluding hydrogens is 299 g/mol. The Hall–Kier alpha value is -1.75. The number of benzene rings is 2. The maximum Gasteiger partial charge on any atom is 0.142 e. The highest BCUT2D eigenvalue weighted by atomic mass is 79.9. The smallest absolute Gasteiger partial charge is 0.142 e.